The third-order valence-corrected chi connectivity index (χ3v) is 4.52. The van der Waals surface area contributed by atoms with Crippen molar-refractivity contribution in [1.29, 1.82) is 0 Å². The fourth-order valence-corrected chi connectivity index (χ4v) is 2.80. The molecule has 0 aliphatic heterocycles. The van der Waals surface area contributed by atoms with Gasteiger partial charge < -0.3 is 9.87 Å². The Labute approximate surface area is 162 Å². The van der Waals surface area contributed by atoms with E-state index in [0.717, 1.165) is 11.1 Å². The minimum atomic E-state index is -2.17. The Hall–Kier alpha value is -2.22. The third kappa shape index (κ3) is 6.78. The van der Waals surface area contributed by atoms with Crippen LogP contribution in [0.4, 0.5) is 5.69 Å². The number of nitrogens with one attached hydrogen (secondary N) is 1. The summed E-state index contributed by atoms with van der Waals surface area (Å²) in [6.07, 6.45) is 0.121. The van der Waals surface area contributed by atoms with E-state index < -0.39 is 11.1 Å². The lowest BCUT2D eigenvalue weighted by Crippen LogP contribution is -2.28. The van der Waals surface area contributed by atoms with Crippen molar-refractivity contribution in [3.05, 3.63) is 65.2 Å². The molecule has 0 aliphatic rings. The van der Waals surface area contributed by atoms with Gasteiger partial charge in [0, 0.05) is 5.69 Å². The van der Waals surface area contributed by atoms with E-state index in [1.807, 2.05) is 24.3 Å². The molecule has 6 nitrogen and oxygen atoms in total. The Bertz CT molecular complexity index is 783. The molecule has 1 atom stereocenters. The van der Waals surface area contributed by atoms with Gasteiger partial charge in [0.1, 0.15) is 0 Å². The van der Waals surface area contributed by atoms with Crippen LogP contribution in [-0.2, 0) is 34.3 Å². The number of benzene rings is 2. The van der Waals surface area contributed by atoms with Gasteiger partial charge in [-0.25, -0.2) is 5.06 Å². The molecular formula is C20H25N2O4S-. The summed E-state index contributed by atoms with van der Waals surface area (Å²) < 4.78 is 21.1. The third-order valence-electron chi connectivity index (χ3n) is 4.14. The molecule has 0 aliphatic carbocycles. The predicted octanol–water partition coefficient (Wildman–Crippen LogP) is 3.19. The molecular weight excluding hydrogens is 364 g/mol. The maximum absolute atomic E-state index is 12.2. The second-order valence-electron chi connectivity index (χ2n) is 7.40. The van der Waals surface area contributed by atoms with Gasteiger partial charge in [0.2, 0.25) is 0 Å². The topological polar surface area (TPSA) is 92.7 Å². The lowest BCUT2D eigenvalue weighted by molar-refractivity contribution is -0.167. The Balaban J connectivity index is 1.90. The molecule has 0 saturated carbocycles. The molecule has 1 amide bonds. The smallest absolute Gasteiger partial charge is 0.250 e. The summed E-state index contributed by atoms with van der Waals surface area (Å²) in [4.78, 5) is 12.2. The van der Waals surface area contributed by atoms with Crippen molar-refractivity contribution in [2.75, 3.05) is 11.2 Å². The average molecular weight is 389 g/mol. The summed E-state index contributed by atoms with van der Waals surface area (Å²) in [7, 11) is 0. The number of carbonyl (C=O) groups excluding carboxylic acids is 1. The highest BCUT2D eigenvalue weighted by atomic mass is 32.2. The molecule has 7 heteroatoms. The van der Waals surface area contributed by atoms with Crippen molar-refractivity contribution in [2.45, 2.75) is 39.2 Å². The fourth-order valence-electron chi connectivity index (χ4n) is 2.52. The van der Waals surface area contributed by atoms with E-state index in [1.54, 1.807) is 24.3 Å². The van der Waals surface area contributed by atoms with E-state index in [4.69, 9.17) is 0 Å². The molecule has 1 unspecified atom stereocenters. The SMILES string of the molecule is CC(C)(C)c1ccc(CC(=O)N(O)Cc2ccc(NCS(=O)[O-])cc2)cc1. The Morgan fingerprint density at radius 2 is 1.63 bits per heavy atom. The molecule has 2 aromatic rings. The van der Waals surface area contributed by atoms with Gasteiger partial charge in [-0.05, 0) is 45.3 Å². The molecule has 2 rings (SSSR count). The van der Waals surface area contributed by atoms with Crippen LogP contribution < -0.4 is 5.32 Å². The minimum Gasteiger partial charge on any atom is -0.771 e. The van der Waals surface area contributed by atoms with Crippen molar-refractivity contribution in [3.63, 3.8) is 0 Å². The predicted molar refractivity (Wildman–Crippen MR) is 105 cm³/mol. The van der Waals surface area contributed by atoms with Gasteiger partial charge >= 0.3 is 0 Å². The molecule has 0 aromatic heterocycles. The summed E-state index contributed by atoms with van der Waals surface area (Å²) in [5.41, 5.74) is 3.47. The van der Waals surface area contributed by atoms with Gasteiger partial charge in [-0.1, -0.05) is 57.2 Å². The van der Waals surface area contributed by atoms with Crippen molar-refractivity contribution >= 4 is 22.7 Å². The fraction of sp³-hybridized carbons (Fsp3) is 0.350. The van der Waals surface area contributed by atoms with Crippen molar-refractivity contribution in [2.24, 2.45) is 0 Å². The van der Waals surface area contributed by atoms with E-state index >= 15 is 0 Å². The van der Waals surface area contributed by atoms with Gasteiger partial charge in [0.25, 0.3) is 5.91 Å². The number of carbonyl (C=O) groups is 1. The van der Waals surface area contributed by atoms with E-state index in [-0.39, 0.29) is 30.2 Å². The highest BCUT2D eigenvalue weighted by Gasteiger charge is 2.15. The zero-order valence-corrected chi connectivity index (χ0v) is 16.6. The van der Waals surface area contributed by atoms with Crippen molar-refractivity contribution in [1.82, 2.24) is 5.06 Å². The first-order valence-electron chi connectivity index (χ1n) is 8.62. The van der Waals surface area contributed by atoms with Crippen LogP contribution in [-0.4, -0.2) is 30.8 Å². The summed E-state index contributed by atoms with van der Waals surface area (Å²) >= 11 is -2.17. The Kier molecular flexibility index (Phi) is 7.12. The summed E-state index contributed by atoms with van der Waals surface area (Å²) in [5.74, 6) is -0.555. The normalized spacial score (nSPS) is 12.5. The summed E-state index contributed by atoms with van der Waals surface area (Å²) in [5, 5.41) is 13.5. The number of nitrogens with zero attached hydrogens (tertiary/aromatic N) is 1. The largest absolute Gasteiger partial charge is 0.771 e. The molecule has 0 heterocycles. The van der Waals surface area contributed by atoms with Crippen LogP contribution in [0.3, 0.4) is 0 Å². The van der Waals surface area contributed by atoms with Crippen LogP contribution in [0.25, 0.3) is 0 Å². The number of anilines is 1. The summed E-state index contributed by atoms with van der Waals surface area (Å²) in [6.45, 7) is 6.45. The molecule has 2 N–H and O–H groups in total. The zero-order valence-electron chi connectivity index (χ0n) is 15.8. The number of hydrogen-bond donors (Lipinski definition) is 2. The highest BCUT2D eigenvalue weighted by molar-refractivity contribution is 7.79. The van der Waals surface area contributed by atoms with Crippen LogP contribution in [0.15, 0.2) is 48.5 Å². The Morgan fingerprint density at radius 3 is 2.15 bits per heavy atom. The van der Waals surface area contributed by atoms with Gasteiger partial charge in [-0.15, -0.1) is 0 Å². The van der Waals surface area contributed by atoms with Gasteiger partial charge in [-0.2, -0.15) is 0 Å². The second-order valence-corrected chi connectivity index (χ2v) is 8.29. The first kappa shape index (κ1) is 21.1. The van der Waals surface area contributed by atoms with Crippen LogP contribution in [0.2, 0.25) is 0 Å². The zero-order chi connectivity index (χ0) is 20.0. The molecule has 0 spiro atoms. The lowest BCUT2D eigenvalue weighted by Gasteiger charge is -2.19. The van der Waals surface area contributed by atoms with Crippen LogP contribution >= 0.6 is 0 Å². The van der Waals surface area contributed by atoms with Crippen molar-refractivity contribution in [3.8, 4) is 0 Å². The van der Waals surface area contributed by atoms with Crippen LogP contribution in [0.5, 0.6) is 0 Å². The number of amides is 1. The Morgan fingerprint density at radius 1 is 1.07 bits per heavy atom. The standard InChI is InChI=1S/C20H26N2O4S/c1-20(2,3)17-8-4-15(5-9-17)12-19(23)22(24)13-16-6-10-18(11-7-16)21-14-27(25)26/h4-11,21,24H,12-14H2,1-3H3,(H,25,26)/p-1. The van der Waals surface area contributed by atoms with Crippen molar-refractivity contribution < 1.29 is 18.8 Å². The number of hydroxylamine groups is 2. The minimum absolute atomic E-state index is 0.0509. The first-order chi connectivity index (χ1) is 12.6. The van der Waals surface area contributed by atoms with Gasteiger partial charge in [0.05, 0.1) is 18.8 Å². The molecule has 2 aromatic carbocycles. The van der Waals surface area contributed by atoms with E-state index in [0.29, 0.717) is 10.8 Å². The van der Waals surface area contributed by atoms with Gasteiger partial charge in [0.15, 0.2) is 0 Å². The van der Waals surface area contributed by atoms with Crippen LogP contribution in [0, 0.1) is 0 Å². The van der Waals surface area contributed by atoms with E-state index in [2.05, 4.69) is 26.1 Å². The highest BCUT2D eigenvalue weighted by Crippen LogP contribution is 2.22. The molecule has 0 bridgehead atoms. The first-order valence-corrected chi connectivity index (χ1v) is 9.87. The molecule has 0 radical (unpaired) electrons. The van der Waals surface area contributed by atoms with Gasteiger partial charge in [-0.3, -0.25) is 14.2 Å². The second kappa shape index (κ2) is 9.12. The quantitative estimate of drug-likeness (QED) is 0.431. The average Bonchev–Trinajstić information content (AvgIpc) is 2.60. The molecule has 0 saturated heterocycles. The van der Waals surface area contributed by atoms with E-state index in [1.165, 1.54) is 5.56 Å². The van der Waals surface area contributed by atoms with E-state index in [9.17, 15) is 18.8 Å². The molecule has 0 fully saturated rings. The van der Waals surface area contributed by atoms with Crippen LogP contribution in [0.1, 0.15) is 37.5 Å². The molecule has 146 valence electrons. The summed E-state index contributed by atoms with van der Waals surface area (Å²) in [6, 6.07) is 14.7. The molecule has 27 heavy (non-hydrogen) atoms. The monoisotopic (exact) mass is 389 g/mol. The maximum Gasteiger partial charge on any atom is 0.250 e. The number of hydrogen-bond acceptors (Lipinski definition) is 5. The number of rotatable bonds is 7. The lowest BCUT2D eigenvalue weighted by atomic mass is 9.86. The maximum atomic E-state index is 12.2.